The first-order valence-corrected chi connectivity index (χ1v) is 7.06. The van der Waals surface area contributed by atoms with Crippen molar-refractivity contribution in [3.63, 3.8) is 0 Å². The lowest BCUT2D eigenvalue weighted by Crippen LogP contribution is -2.32. The van der Waals surface area contributed by atoms with Gasteiger partial charge < -0.3 is 0 Å². The van der Waals surface area contributed by atoms with Crippen molar-refractivity contribution in [2.75, 3.05) is 0 Å². The highest BCUT2D eigenvalue weighted by Crippen LogP contribution is 2.75. The van der Waals surface area contributed by atoms with Crippen LogP contribution in [0.1, 0.15) is 26.7 Å². The number of rotatable bonds is 1. The third-order valence-electron chi connectivity index (χ3n) is 6.47. The van der Waals surface area contributed by atoms with E-state index in [-0.39, 0.29) is 10.8 Å². The molecule has 18 heavy (non-hydrogen) atoms. The van der Waals surface area contributed by atoms with Crippen LogP contribution in [0.5, 0.6) is 0 Å². The summed E-state index contributed by atoms with van der Waals surface area (Å²) < 4.78 is 0. The van der Waals surface area contributed by atoms with Crippen molar-refractivity contribution in [1.82, 2.24) is 0 Å². The van der Waals surface area contributed by atoms with Gasteiger partial charge in [-0.1, -0.05) is 12.2 Å². The smallest absolute Gasteiger partial charge is 0.0693 e. The summed E-state index contributed by atoms with van der Waals surface area (Å²) >= 11 is 0. The summed E-state index contributed by atoms with van der Waals surface area (Å²) in [6.07, 6.45) is 7.03. The van der Waals surface area contributed by atoms with E-state index in [0.717, 1.165) is 6.42 Å². The van der Waals surface area contributed by atoms with E-state index in [0.29, 0.717) is 35.5 Å². The second kappa shape index (κ2) is 2.83. The van der Waals surface area contributed by atoms with Crippen molar-refractivity contribution in [2.24, 2.45) is 46.3 Å². The molecule has 92 valence electrons. The van der Waals surface area contributed by atoms with Crippen LogP contribution in [0.4, 0.5) is 0 Å². The molecule has 0 heterocycles. The van der Waals surface area contributed by atoms with Gasteiger partial charge in [0.2, 0.25) is 0 Å². The van der Waals surface area contributed by atoms with E-state index in [2.05, 4.69) is 38.1 Å². The molecular formula is C16H18N2. The summed E-state index contributed by atoms with van der Waals surface area (Å²) in [6.45, 7) is 4.26. The Labute approximate surface area is 108 Å². The lowest BCUT2D eigenvalue weighted by atomic mass is 9.66. The molecule has 3 fully saturated rings. The predicted octanol–water partition coefficient (Wildman–Crippen LogP) is 3.13. The van der Waals surface area contributed by atoms with Gasteiger partial charge in [-0.05, 0) is 62.2 Å². The van der Waals surface area contributed by atoms with Gasteiger partial charge in [-0.25, -0.2) is 0 Å². The first-order valence-electron chi connectivity index (χ1n) is 7.06. The molecule has 8 atom stereocenters. The zero-order valence-corrected chi connectivity index (χ0v) is 10.9. The maximum atomic E-state index is 9.42. The van der Waals surface area contributed by atoms with Crippen molar-refractivity contribution in [3.05, 3.63) is 12.2 Å². The Balaban J connectivity index is 1.64. The van der Waals surface area contributed by atoms with Crippen molar-refractivity contribution in [1.29, 1.82) is 10.5 Å². The van der Waals surface area contributed by atoms with Gasteiger partial charge in [0.05, 0.1) is 23.0 Å². The molecule has 5 rings (SSSR count). The number of hydrogen-bond donors (Lipinski definition) is 0. The Morgan fingerprint density at radius 3 is 2.50 bits per heavy atom. The molecule has 0 radical (unpaired) electrons. The Bertz CT molecular complexity index is 536. The van der Waals surface area contributed by atoms with E-state index in [4.69, 9.17) is 0 Å². The fraction of sp³-hybridized carbons (Fsp3) is 0.750. The zero-order chi connectivity index (χ0) is 12.7. The highest BCUT2D eigenvalue weighted by atomic mass is 14.8. The third-order valence-corrected chi connectivity index (χ3v) is 6.47. The molecule has 0 amide bonds. The third kappa shape index (κ3) is 0.997. The Kier molecular flexibility index (Phi) is 1.67. The van der Waals surface area contributed by atoms with Gasteiger partial charge in [-0.2, -0.15) is 10.5 Å². The molecule has 8 unspecified atom stereocenters. The second-order valence-corrected chi connectivity index (χ2v) is 7.31. The molecule has 0 spiro atoms. The predicted molar refractivity (Wildman–Crippen MR) is 66.8 cm³/mol. The van der Waals surface area contributed by atoms with E-state index in [1.165, 1.54) is 6.42 Å². The van der Waals surface area contributed by atoms with Crippen LogP contribution in [0.2, 0.25) is 0 Å². The maximum absolute atomic E-state index is 9.42. The molecule has 0 aromatic rings. The molecule has 2 nitrogen and oxygen atoms in total. The highest BCUT2D eigenvalue weighted by molar-refractivity contribution is 5.34. The summed E-state index contributed by atoms with van der Waals surface area (Å²) in [7, 11) is 0. The average molecular weight is 238 g/mol. The first kappa shape index (κ1) is 10.6. The fourth-order valence-electron chi connectivity index (χ4n) is 5.28. The topological polar surface area (TPSA) is 47.6 Å². The van der Waals surface area contributed by atoms with Crippen molar-refractivity contribution < 1.29 is 0 Å². The van der Waals surface area contributed by atoms with Crippen LogP contribution in [-0.2, 0) is 0 Å². The molecule has 3 saturated carbocycles. The minimum atomic E-state index is -0.0779. The van der Waals surface area contributed by atoms with Gasteiger partial charge in [0.1, 0.15) is 0 Å². The SMILES string of the molecule is CC1(C#N)CC1C1CC2C=CC1C1C2C1(C)C#N. The molecule has 0 aliphatic heterocycles. The maximum Gasteiger partial charge on any atom is 0.0693 e. The monoisotopic (exact) mass is 238 g/mol. The van der Waals surface area contributed by atoms with Crippen LogP contribution >= 0.6 is 0 Å². The first-order chi connectivity index (χ1) is 8.55. The van der Waals surface area contributed by atoms with Gasteiger partial charge >= 0.3 is 0 Å². The van der Waals surface area contributed by atoms with E-state index in [1.807, 2.05) is 0 Å². The number of nitriles is 2. The van der Waals surface area contributed by atoms with Crippen LogP contribution in [0.15, 0.2) is 12.2 Å². The van der Waals surface area contributed by atoms with E-state index in [1.54, 1.807) is 0 Å². The number of hydrogen-bond acceptors (Lipinski definition) is 2. The number of allylic oxidation sites excluding steroid dienone is 2. The summed E-state index contributed by atoms with van der Waals surface area (Å²) in [4.78, 5) is 0. The van der Waals surface area contributed by atoms with E-state index >= 15 is 0 Å². The Hall–Kier alpha value is -1.28. The molecule has 0 aromatic heterocycles. The summed E-state index contributed by atoms with van der Waals surface area (Å²) in [5.41, 5.74) is -0.144. The standard InChI is InChI=1S/C16H18N2/c1-15(7-17)6-12(15)11-5-9-3-4-10(11)14-13(9)16(14,2)8-18/h3-4,9-14H,5-6H2,1-2H3. The number of fused-ring (bicyclic) bond motifs is 1. The summed E-state index contributed by atoms with van der Waals surface area (Å²) in [6, 6.07) is 5.06. The summed E-state index contributed by atoms with van der Waals surface area (Å²) in [5, 5.41) is 18.7. The van der Waals surface area contributed by atoms with Gasteiger partial charge in [-0.3, -0.25) is 0 Å². The van der Waals surface area contributed by atoms with Crippen LogP contribution in [0.25, 0.3) is 0 Å². The molecule has 0 aromatic carbocycles. The lowest BCUT2D eigenvalue weighted by Gasteiger charge is -2.38. The van der Waals surface area contributed by atoms with Crippen LogP contribution in [0, 0.1) is 69.0 Å². The summed E-state index contributed by atoms with van der Waals surface area (Å²) in [5.74, 6) is 3.63. The van der Waals surface area contributed by atoms with Gasteiger partial charge in [-0.15, -0.1) is 0 Å². The lowest BCUT2D eigenvalue weighted by molar-refractivity contribution is 0.172. The van der Waals surface area contributed by atoms with Crippen molar-refractivity contribution in [2.45, 2.75) is 26.7 Å². The van der Waals surface area contributed by atoms with Crippen LogP contribution in [0.3, 0.4) is 0 Å². The average Bonchev–Trinajstić information content (AvgIpc) is 3.27. The quantitative estimate of drug-likeness (QED) is 0.659. The Morgan fingerprint density at radius 1 is 1.11 bits per heavy atom. The fourth-order valence-corrected chi connectivity index (χ4v) is 5.28. The van der Waals surface area contributed by atoms with Crippen molar-refractivity contribution in [3.8, 4) is 12.1 Å². The number of nitrogens with zero attached hydrogens (tertiary/aromatic N) is 2. The second-order valence-electron chi connectivity index (χ2n) is 7.31. The minimum absolute atomic E-state index is 0.0661. The molecule has 0 saturated heterocycles. The van der Waals surface area contributed by atoms with E-state index < -0.39 is 0 Å². The van der Waals surface area contributed by atoms with Gasteiger partial charge in [0.25, 0.3) is 0 Å². The van der Waals surface area contributed by atoms with E-state index in [9.17, 15) is 10.5 Å². The molecule has 0 N–H and O–H groups in total. The van der Waals surface area contributed by atoms with Gasteiger partial charge in [0, 0.05) is 0 Å². The van der Waals surface area contributed by atoms with Crippen LogP contribution in [-0.4, -0.2) is 0 Å². The van der Waals surface area contributed by atoms with Crippen LogP contribution < -0.4 is 0 Å². The molecule has 5 aliphatic carbocycles. The zero-order valence-electron chi connectivity index (χ0n) is 10.9. The molecular weight excluding hydrogens is 220 g/mol. The van der Waals surface area contributed by atoms with Gasteiger partial charge in [0.15, 0.2) is 0 Å². The van der Waals surface area contributed by atoms with Crippen molar-refractivity contribution >= 4 is 0 Å². The Morgan fingerprint density at radius 2 is 1.89 bits per heavy atom. The largest absolute Gasteiger partial charge is 0.198 e. The normalized spacial score (nSPS) is 62.7. The minimum Gasteiger partial charge on any atom is -0.198 e. The molecule has 2 bridgehead atoms. The highest BCUT2D eigenvalue weighted by Gasteiger charge is 2.73. The molecule has 2 heteroatoms. The molecule has 5 aliphatic rings.